The Labute approximate surface area is 152 Å². The van der Waals surface area contributed by atoms with Crippen LogP contribution >= 0.6 is 0 Å². The first-order chi connectivity index (χ1) is 11.6. The van der Waals surface area contributed by atoms with Gasteiger partial charge in [-0.2, -0.15) is 0 Å². The van der Waals surface area contributed by atoms with E-state index in [1.54, 1.807) is 6.92 Å². The van der Waals surface area contributed by atoms with Crippen LogP contribution in [0.3, 0.4) is 0 Å². The molecule has 2 unspecified atom stereocenters. The number of Topliss-reactive ketones (excluding diaryl/α,β-unsaturated/α-hetero) is 1. The fourth-order valence-corrected chi connectivity index (χ4v) is 4.19. The highest BCUT2D eigenvalue weighted by Gasteiger charge is 2.46. The zero-order valence-corrected chi connectivity index (χ0v) is 16.9. The molecule has 0 aliphatic heterocycles. The van der Waals surface area contributed by atoms with E-state index in [1.165, 1.54) is 0 Å². The number of hydrogen-bond donors (Lipinski definition) is 1. The van der Waals surface area contributed by atoms with Gasteiger partial charge in [-0.15, -0.1) is 0 Å². The number of aryl methyl sites for hydroxylation is 3. The lowest BCUT2D eigenvalue weighted by Crippen LogP contribution is -2.43. The van der Waals surface area contributed by atoms with Crippen LogP contribution in [0.4, 0.5) is 0 Å². The van der Waals surface area contributed by atoms with E-state index in [9.17, 15) is 14.7 Å². The Morgan fingerprint density at radius 1 is 1.08 bits per heavy atom. The van der Waals surface area contributed by atoms with Crippen LogP contribution < -0.4 is 0 Å². The number of unbranched alkanes of at least 4 members (excludes halogenated alkanes) is 2. The largest absolute Gasteiger partial charge is 0.481 e. The van der Waals surface area contributed by atoms with Crippen LogP contribution in [0.25, 0.3) is 0 Å². The van der Waals surface area contributed by atoms with Gasteiger partial charge in [0.25, 0.3) is 0 Å². The number of hydrogen-bond acceptors (Lipinski definition) is 2. The van der Waals surface area contributed by atoms with Crippen molar-refractivity contribution in [3.8, 4) is 0 Å². The Morgan fingerprint density at radius 2 is 1.60 bits per heavy atom. The number of rotatable bonds is 9. The van der Waals surface area contributed by atoms with Gasteiger partial charge in [0, 0.05) is 11.5 Å². The highest BCUT2D eigenvalue weighted by molar-refractivity contribution is 6.03. The lowest BCUT2D eigenvalue weighted by atomic mass is 9.65. The smallest absolute Gasteiger partial charge is 0.310 e. The Balaban J connectivity index is 3.38. The molecule has 0 aromatic heterocycles. The summed E-state index contributed by atoms with van der Waals surface area (Å²) in [4.78, 5) is 25.6. The second-order valence-corrected chi connectivity index (χ2v) is 8.04. The predicted molar refractivity (Wildman–Crippen MR) is 103 cm³/mol. The molecule has 0 aliphatic carbocycles. The molecule has 3 nitrogen and oxygen atoms in total. The second-order valence-electron chi connectivity index (χ2n) is 8.04. The molecule has 2 atom stereocenters. The van der Waals surface area contributed by atoms with E-state index in [0.29, 0.717) is 12.0 Å². The highest BCUT2D eigenvalue weighted by atomic mass is 16.4. The minimum Gasteiger partial charge on any atom is -0.481 e. The fraction of sp³-hybridized carbons (Fsp3) is 0.636. The number of aliphatic carboxylic acids is 1. The van der Waals surface area contributed by atoms with Gasteiger partial charge in [0.05, 0.1) is 5.41 Å². The first-order valence-electron chi connectivity index (χ1n) is 9.41. The first kappa shape index (κ1) is 21.4. The van der Waals surface area contributed by atoms with E-state index in [1.807, 2.05) is 46.8 Å². The van der Waals surface area contributed by atoms with Crippen molar-refractivity contribution in [2.75, 3.05) is 0 Å². The fourth-order valence-electron chi connectivity index (χ4n) is 4.19. The van der Waals surface area contributed by atoms with E-state index >= 15 is 0 Å². The van der Waals surface area contributed by atoms with Crippen LogP contribution in [0.15, 0.2) is 12.1 Å². The standard InChI is InChI=1S/C22H34O3/c1-8-9-10-11-22(7,21(24)25)19(14(2)3)20(23)18-16(5)12-15(4)13-17(18)6/h12-14,19H,8-11H2,1-7H3,(H,24,25). The molecular formula is C22H34O3. The molecule has 0 heterocycles. The molecule has 0 spiro atoms. The van der Waals surface area contributed by atoms with Crippen LogP contribution in [-0.2, 0) is 4.79 Å². The van der Waals surface area contributed by atoms with Gasteiger partial charge in [-0.1, -0.05) is 57.7 Å². The average molecular weight is 347 g/mol. The summed E-state index contributed by atoms with van der Waals surface area (Å²) in [6.07, 6.45) is 3.40. The van der Waals surface area contributed by atoms with Gasteiger partial charge in [0.15, 0.2) is 5.78 Å². The van der Waals surface area contributed by atoms with Crippen LogP contribution in [0.1, 0.15) is 80.4 Å². The van der Waals surface area contributed by atoms with Crippen molar-refractivity contribution in [3.05, 3.63) is 34.4 Å². The molecular weight excluding hydrogens is 312 g/mol. The van der Waals surface area contributed by atoms with E-state index < -0.39 is 17.3 Å². The average Bonchev–Trinajstić information content (AvgIpc) is 2.45. The third kappa shape index (κ3) is 4.71. The third-order valence-electron chi connectivity index (χ3n) is 5.35. The molecule has 25 heavy (non-hydrogen) atoms. The molecule has 0 saturated heterocycles. The molecule has 140 valence electrons. The number of carboxylic acid groups (broad SMARTS) is 1. The number of carbonyl (C=O) groups is 2. The maximum atomic E-state index is 13.5. The van der Waals surface area contributed by atoms with Crippen LogP contribution in [0.5, 0.6) is 0 Å². The molecule has 0 amide bonds. The monoisotopic (exact) mass is 346 g/mol. The Kier molecular flexibility index (Phi) is 7.40. The summed E-state index contributed by atoms with van der Waals surface area (Å²) >= 11 is 0. The summed E-state index contributed by atoms with van der Waals surface area (Å²) in [7, 11) is 0. The Hall–Kier alpha value is -1.64. The molecule has 1 aromatic rings. The molecule has 0 aliphatic rings. The van der Waals surface area contributed by atoms with Crippen molar-refractivity contribution in [3.63, 3.8) is 0 Å². The summed E-state index contributed by atoms with van der Waals surface area (Å²) in [6, 6.07) is 4.01. The summed E-state index contributed by atoms with van der Waals surface area (Å²) in [6.45, 7) is 13.7. The molecule has 0 saturated carbocycles. The van der Waals surface area contributed by atoms with Crippen molar-refractivity contribution in [1.82, 2.24) is 0 Å². The molecule has 1 aromatic carbocycles. The summed E-state index contributed by atoms with van der Waals surface area (Å²) in [5.41, 5.74) is 2.66. The minimum absolute atomic E-state index is 0.0219. The lowest BCUT2D eigenvalue weighted by Gasteiger charge is -2.36. The summed E-state index contributed by atoms with van der Waals surface area (Å²) in [5.74, 6) is -1.44. The molecule has 0 fully saturated rings. The number of carbonyl (C=O) groups excluding carboxylic acids is 1. The molecule has 1 N–H and O–H groups in total. The van der Waals surface area contributed by atoms with Crippen molar-refractivity contribution in [1.29, 1.82) is 0 Å². The maximum Gasteiger partial charge on any atom is 0.310 e. The van der Waals surface area contributed by atoms with Gasteiger partial charge in [-0.3, -0.25) is 9.59 Å². The van der Waals surface area contributed by atoms with Crippen LogP contribution in [0.2, 0.25) is 0 Å². The third-order valence-corrected chi connectivity index (χ3v) is 5.35. The van der Waals surface area contributed by atoms with Crippen molar-refractivity contribution >= 4 is 11.8 Å². The Morgan fingerprint density at radius 3 is 2.00 bits per heavy atom. The van der Waals surface area contributed by atoms with E-state index in [2.05, 4.69) is 6.92 Å². The topological polar surface area (TPSA) is 54.4 Å². The normalized spacial score (nSPS) is 15.0. The van der Waals surface area contributed by atoms with Gasteiger partial charge in [-0.05, 0) is 51.2 Å². The quantitative estimate of drug-likeness (QED) is 0.458. The molecule has 0 bridgehead atoms. The van der Waals surface area contributed by atoms with Crippen LogP contribution in [0, 0.1) is 38.0 Å². The molecule has 3 heteroatoms. The van der Waals surface area contributed by atoms with E-state index in [-0.39, 0.29) is 11.7 Å². The van der Waals surface area contributed by atoms with Crippen molar-refractivity contribution < 1.29 is 14.7 Å². The molecule has 1 rings (SSSR count). The van der Waals surface area contributed by atoms with Gasteiger partial charge < -0.3 is 5.11 Å². The van der Waals surface area contributed by atoms with Gasteiger partial charge in [0.2, 0.25) is 0 Å². The zero-order valence-electron chi connectivity index (χ0n) is 16.9. The second kappa shape index (κ2) is 8.64. The number of benzene rings is 1. The van der Waals surface area contributed by atoms with Gasteiger partial charge >= 0.3 is 5.97 Å². The zero-order chi connectivity index (χ0) is 19.4. The highest BCUT2D eigenvalue weighted by Crippen LogP contribution is 2.41. The lowest BCUT2D eigenvalue weighted by molar-refractivity contribution is -0.152. The minimum atomic E-state index is -1.04. The van der Waals surface area contributed by atoms with Gasteiger partial charge in [-0.25, -0.2) is 0 Å². The maximum absolute atomic E-state index is 13.5. The van der Waals surface area contributed by atoms with Crippen LogP contribution in [-0.4, -0.2) is 16.9 Å². The summed E-state index contributed by atoms with van der Waals surface area (Å²) < 4.78 is 0. The van der Waals surface area contributed by atoms with E-state index in [0.717, 1.165) is 36.0 Å². The van der Waals surface area contributed by atoms with Gasteiger partial charge in [0.1, 0.15) is 0 Å². The first-order valence-corrected chi connectivity index (χ1v) is 9.41. The molecule has 0 radical (unpaired) electrons. The SMILES string of the molecule is CCCCCC(C)(C(=O)O)C(C(=O)c1c(C)cc(C)cc1C)C(C)C. The summed E-state index contributed by atoms with van der Waals surface area (Å²) in [5, 5.41) is 9.98. The Bertz CT molecular complexity index is 607. The van der Waals surface area contributed by atoms with Crippen molar-refractivity contribution in [2.45, 2.75) is 74.1 Å². The van der Waals surface area contributed by atoms with Crippen molar-refractivity contribution in [2.24, 2.45) is 17.3 Å². The van der Waals surface area contributed by atoms with E-state index in [4.69, 9.17) is 0 Å². The predicted octanol–water partition coefficient (Wildman–Crippen LogP) is 5.74. The number of carboxylic acids is 1. The number of ketones is 1.